The lowest BCUT2D eigenvalue weighted by Gasteiger charge is -2.11. The van der Waals surface area contributed by atoms with E-state index in [-0.39, 0.29) is 6.04 Å². The third kappa shape index (κ3) is 2.18. The van der Waals surface area contributed by atoms with Gasteiger partial charge in [-0.3, -0.25) is 0 Å². The van der Waals surface area contributed by atoms with Gasteiger partial charge in [0, 0.05) is 0 Å². The molecule has 0 radical (unpaired) electrons. The quantitative estimate of drug-likeness (QED) is 0.783. The minimum atomic E-state index is -0.0734. The van der Waals surface area contributed by atoms with E-state index >= 15 is 0 Å². The Bertz CT molecular complexity index is 434. The molecule has 2 aromatic rings. The highest BCUT2D eigenvalue weighted by atomic mass is 14.6. The standard InChI is InChI=1S/C14H13N/c1-11-6-5-9-13(10-11)14(15)12-7-3-2-4-8-12/h3,5-10,14H,15H2,1H3. The summed E-state index contributed by atoms with van der Waals surface area (Å²) in [5, 5.41) is 0. The van der Waals surface area contributed by atoms with Crippen molar-refractivity contribution in [2.75, 3.05) is 0 Å². The monoisotopic (exact) mass is 195 g/mol. The lowest BCUT2D eigenvalue weighted by atomic mass is 9.99. The highest BCUT2D eigenvalue weighted by Gasteiger charge is 2.07. The Morgan fingerprint density at radius 1 is 1.13 bits per heavy atom. The first-order valence-electron chi connectivity index (χ1n) is 4.97. The second-order valence-electron chi connectivity index (χ2n) is 3.66. The van der Waals surface area contributed by atoms with Crippen LogP contribution in [-0.4, -0.2) is 0 Å². The zero-order valence-electron chi connectivity index (χ0n) is 8.70. The van der Waals surface area contributed by atoms with Gasteiger partial charge in [0.2, 0.25) is 0 Å². The summed E-state index contributed by atoms with van der Waals surface area (Å²) in [4.78, 5) is 0. The van der Waals surface area contributed by atoms with E-state index in [0.29, 0.717) is 0 Å². The molecule has 0 saturated carbocycles. The highest BCUT2D eigenvalue weighted by molar-refractivity contribution is 5.32. The molecule has 74 valence electrons. The van der Waals surface area contributed by atoms with E-state index in [4.69, 9.17) is 5.73 Å². The summed E-state index contributed by atoms with van der Waals surface area (Å²) in [5.74, 6) is 0. The van der Waals surface area contributed by atoms with Crippen molar-refractivity contribution >= 4 is 0 Å². The fourth-order valence-electron chi connectivity index (χ4n) is 1.61. The Morgan fingerprint density at radius 3 is 2.67 bits per heavy atom. The Kier molecular flexibility index (Phi) is 2.71. The van der Waals surface area contributed by atoms with Gasteiger partial charge in [0.25, 0.3) is 0 Å². The van der Waals surface area contributed by atoms with Crippen LogP contribution in [-0.2, 0) is 0 Å². The van der Waals surface area contributed by atoms with Crippen LogP contribution in [0.2, 0.25) is 0 Å². The average molecular weight is 195 g/mol. The van der Waals surface area contributed by atoms with Crippen molar-refractivity contribution in [2.24, 2.45) is 5.73 Å². The van der Waals surface area contributed by atoms with Crippen molar-refractivity contribution in [1.82, 2.24) is 0 Å². The van der Waals surface area contributed by atoms with Gasteiger partial charge in [-0.25, -0.2) is 0 Å². The minimum Gasteiger partial charge on any atom is -0.320 e. The Balaban J connectivity index is 2.32. The predicted octanol–water partition coefficient (Wildman–Crippen LogP) is 2.64. The average Bonchev–Trinajstić information content (AvgIpc) is 2.29. The van der Waals surface area contributed by atoms with Gasteiger partial charge >= 0.3 is 0 Å². The molecule has 1 unspecified atom stereocenters. The maximum Gasteiger partial charge on any atom is 0.0558 e. The predicted molar refractivity (Wildman–Crippen MR) is 61.3 cm³/mol. The van der Waals surface area contributed by atoms with Crippen molar-refractivity contribution in [3.63, 3.8) is 0 Å². The van der Waals surface area contributed by atoms with Gasteiger partial charge in [-0.05, 0) is 36.2 Å². The largest absolute Gasteiger partial charge is 0.320 e. The number of benzene rings is 1. The molecule has 0 bridgehead atoms. The van der Waals surface area contributed by atoms with Gasteiger partial charge in [0.15, 0.2) is 0 Å². The molecule has 2 rings (SSSR count). The first-order valence-corrected chi connectivity index (χ1v) is 4.97. The van der Waals surface area contributed by atoms with E-state index < -0.39 is 0 Å². The van der Waals surface area contributed by atoms with Gasteiger partial charge in [0.05, 0.1) is 6.04 Å². The molecule has 0 aromatic heterocycles. The van der Waals surface area contributed by atoms with E-state index in [1.165, 1.54) is 5.56 Å². The summed E-state index contributed by atoms with van der Waals surface area (Å²) in [5.41, 5.74) is 9.58. The molecule has 0 spiro atoms. The van der Waals surface area contributed by atoms with Gasteiger partial charge in [-0.15, -0.1) is 0 Å². The van der Waals surface area contributed by atoms with E-state index in [0.717, 1.165) is 11.1 Å². The van der Waals surface area contributed by atoms with Crippen LogP contribution in [0.5, 0.6) is 0 Å². The fourth-order valence-corrected chi connectivity index (χ4v) is 1.61. The van der Waals surface area contributed by atoms with Gasteiger partial charge in [0.1, 0.15) is 0 Å². The molecule has 15 heavy (non-hydrogen) atoms. The smallest absolute Gasteiger partial charge is 0.0558 e. The van der Waals surface area contributed by atoms with Crippen LogP contribution < -0.4 is 5.73 Å². The summed E-state index contributed by atoms with van der Waals surface area (Å²) in [6, 6.07) is 19.7. The molecular formula is C14H13N. The summed E-state index contributed by atoms with van der Waals surface area (Å²) in [6.07, 6.45) is 0. The molecule has 0 aliphatic carbocycles. The number of nitrogens with two attached hydrogens (primary N) is 1. The van der Waals surface area contributed by atoms with Gasteiger partial charge < -0.3 is 5.73 Å². The van der Waals surface area contributed by atoms with Crippen molar-refractivity contribution in [3.8, 4) is 0 Å². The van der Waals surface area contributed by atoms with Crippen LogP contribution in [0.15, 0.2) is 42.5 Å². The van der Waals surface area contributed by atoms with Crippen molar-refractivity contribution in [3.05, 3.63) is 71.3 Å². The van der Waals surface area contributed by atoms with Crippen LogP contribution in [0, 0.1) is 19.1 Å². The van der Waals surface area contributed by atoms with Gasteiger partial charge in [-0.1, -0.05) is 42.0 Å². The molecule has 0 fully saturated rings. The molecule has 0 aliphatic rings. The van der Waals surface area contributed by atoms with Gasteiger partial charge in [-0.2, -0.15) is 0 Å². The lowest BCUT2D eigenvalue weighted by molar-refractivity contribution is 0.870. The van der Waals surface area contributed by atoms with Crippen LogP contribution in [0.4, 0.5) is 0 Å². The Morgan fingerprint density at radius 2 is 2.00 bits per heavy atom. The highest BCUT2D eigenvalue weighted by Crippen LogP contribution is 2.18. The third-order valence-electron chi connectivity index (χ3n) is 2.44. The molecule has 2 N–H and O–H groups in total. The molecule has 0 aliphatic heterocycles. The summed E-state index contributed by atoms with van der Waals surface area (Å²) in [6.45, 7) is 2.07. The van der Waals surface area contributed by atoms with Crippen molar-refractivity contribution in [1.29, 1.82) is 0 Å². The number of hydrogen-bond acceptors (Lipinski definition) is 1. The normalized spacial score (nSPS) is 11.9. The van der Waals surface area contributed by atoms with Crippen LogP contribution in [0.25, 0.3) is 0 Å². The summed E-state index contributed by atoms with van der Waals surface area (Å²) >= 11 is 0. The topological polar surface area (TPSA) is 26.0 Å². The maximum atomic E-state index is 6.15. The second-order valence-corrected chi connectivity index (χ2v) is 3.66. The number of hydrogen-bond donors (Lipinski definition) is 1. The first-order chi connectivity index (χ1) is 7.27. The zero-order chi connectivity index (χ0) is 10.7. The molecule has 1 heteroatoms. The Hall–Kier alpha value is -1.78. The number of rotatable bonds is 2. The summed E-state index contributed by atoms with van der Waals surface area (Å²) < 4.78 is 0. The van der Waals surface area contributed by atoms with Crippen LogP contribution in [0.3, 0.4) is 0 Å². The minimum absolute atomic E-state index is 0.0734. The molecule has 0 saturated heterocycles. The lowest BCUT2D eigenvalue weighted by Crippen LogP contribution is -2.11. The maximum absolute atomic E-state index is 6.15. The third-order valence-corrected chi connectivity index (χ3v) is 2.44. The van der Waals surface area contributed by atoms with Crippen molar-refractivity contribution < 1.29 is 0 Å². The van der Waals surface area contributed by atoms with E-state index in [9.17, 15) is 0 Å². The fraction of sp³-hybridized carbons (Fsp3) is 0.143. The molecule has 2 aromatic carbocycles. The SMILES string of the molecule is Cc1cccc(C(N)c2cc#ccc2)c1. The van der Waals surface area contributed by atoms with Crippen LogP contribution in [0.1, 0.15) is 22.7 Å². The zero-order valence-corrected chi connectivity index (χ0v) is 8.70. The summed E-state index contributed by atoms with van der Waals surface area (Å²) in [7, 11) is 0. The molecule has 1 atom stereocenters. The van der Waals surface area contributed by atoms with E-state index in [1.807, 2.05) is 30.3 Å². The van der Waals surface area contributed by atoms with E-state index in [2.05, 4.69) is 31.2 Å². The molecular weight excluding hydrogens is 182 g/mol. The van der Waals surface area contributed by atoms with Crippen molar-refractivity contribution in [2.45, 2.75) is 13.0 Å². The number of aryl methyl sites for hydroxylation is 1. The van der Waals surface area contributed by atoms with E-state index in [1.54, 1.807) is 0 Å². The second kappa shape index (κ2) is 4.16. The van der Waals surface area contributed by atoms with Crippen LogP contribution >= 0.6 is 0 Å². The first kappa shape index (κ1) is 9.76. The molecule has 0 amide bonds. The molecule has 1 nitrogen and oxygen atoms in total. The Labute approximate surface area is 90.6 Å². The molecule has 0 heterocycles.